The fourth-order valence-electron chi connectivity index (χ4n) is 4.75. The molecule has 2 aliphatic heterocycles. The smallest absolute Gasteiger partial charge is 0.0471 e. The number of piperidine rings is 1. The first-order valence-corrected chi connectivity index (χ1v) is 7.77. The van der Waals surface area contributed by atoms with Crippen LogP contribution in [0.15, 0.2) is 0 Å². The lowest BCUT2D eigenvalue weighted by molar-refractivity contribution is -0.0359. The Morgan fingerprint density at radius 1 is 1.17 bits per heavy atom. The van der Waals surface area contributed by atoms with E-state index in [2.05, 4.69) is 11.8 Å². The third-order valence-corrected chi connectivity index (χ3v) is 5.51. The van der Waals surface area contributed by atoms with Crippen molar-refractivity contribution >= 4 is 0 Å². The van der Waals surface area contributed by atoms with Gasteiger partial charge in [-0.2, -0.15) is 0 Å². The van der Waals surface area contributed by atoms with Crippen LogP contribution in [0.2, 0.25) is 0 Å². The van der Waals surface area contributed by atoms with Crippen LogP contribution in [0.1, 0.15) is 45.4 Å². The standard InChI is InChI=1S/C15H28N2O/c1-12-9-13(16)11-17(10-12)14-3-2-4-15(14)5-7-18-8-6-15/h12-14H,2-11,16H2,1H3. The quantitative estimate of drug-likeness (QED) is 0.776. The number of hydrogen-bond donors (Lipinski definition) is 1. The molecule has 0 aromatic heterocycles. The maximum atomic E-state index is 6.23. The molecule has 3 rings (SSSR count). The third-order valence-electron chi connectivity index (χ3n) is 5.51. The molecule has 3 aliphatic rings. The molecule has 0 aromatic rings. The molecule has 1 spiro atoms. The van der Waals surface area contributed by atoms with Gasteiger partial charge in [-0.1, -0.05) is 13.3 Å². The summed E-state index contributed by atoms with van der Waals surface area (Å²) in [6.07, 6.45) is 7.97. The van der Waals surface area contributed by atoms with Gasteiger partial charge in [0.15, 0.2) is 0 Å². The molecule has 0 bridgehead atoms. The molecular formula is C15H28N2O. The van der Waals surface area contributed by atoms with Gasteiger partial charge in [0.25, 0.3) is 0 Å². The Kier molecular flexibility index (Phi) is 3.65. The highest BCUT2D eigenvalue weighted by molar-refractivity contribution is 5.00. The van der Waals surface area contributed by atoms with E-state index in [0.717, 1.165) is 31.7 Å². The van der Waals surface area contributed by atoms with Crippen molar-refractivity contribution in [2.24, 2.45) is 17.1 Å². The SMILES string of the molecule is CC1CC(N)CN(C2CCCC23CCOCC3)C1. The summed E-state index contributed by atoms with van der Waals surface area (Å²) in [5.74, 6) is 0.770. The molecule has 0 amide bonds. The second kappa shape index (κ2) is 5.10. The summed E-state index contributed by atoms with van der Waals surface area (Å²) in [6.45, 7) is 6.70. The van der Waals surface area contributed by atoms with Gasteiger partial charge in [0.05, 0.1) is 0 Å². The summed E-state index contributed by atoms with van der Waals surface area (Å²) < 4.78 is 5.59. The molecular weight excluding hydrogens is 224 g/mol. The average Bonchev–Trinajstić information content (AvgIpc) is 2.72. The van der Waals surface area contributed by atoms with Gasteiger partial charge >= 0.3 is 0 Å². The number of nitrogens with zero attached hydrogens (tertiary/aromatic N) is 1. The lowest BCUT2D eigenvalue weighted by Gasteiger charge is -2.47. The number of likely N-dealkylation sites (tertiary alicyclic amines) is 1. The minimum atomic E-state index is 0.395. The second-order valence-electron chi connectivity index (χ2n) is 6.94. The Morgan fingerprint density at radius 2 is 1.94 bits per heavy atom. The molecule has 3 atom stereocenters. The van der Waals surface area contributed by atoms with E-state index >= 15 is 0 Å². The van der Waals surface area contributed by atoms with E-state index in [-0.39, 0.29) is 0 Å². The van der Waals surface area contributed by atoms with Crippen LogP contribution in [0.25, 0.3) is 0 Å². The summed E-state index contributed by atoms with van der Waals surface area (Å²) >= 11 is 0. The van der Waals surface area contributed by atoms with Crippen molar-refractivity contribution in [3.05, 3.63) is 0 Å². The van der Waals surface area contributed by atoms with E-state index in [9.17, 15) is 0 Å². The maximum Gasteiger partial charge on any atom is 0.0471 e. The van der Waals surface area contributed by atoms with Crippen molar-refractivity contribution in [2.45, 2.75) is 57.5 Å². The summed E-state index contributed by atoms with van der Waals surface area (Å²) in [4.78, 5) is 2.73. The molecule has 0 aromatic carbocycles. The van der Waals surface area contributed by atoms with E-state index in [1.165, 1.54) is 45.1 Å². The fraction of sp³-hybridized carbons (Fsp3) is 1.00. The van der Waals surface area contributed by atoms with Gasteiger partial charge in [-0.15, -0.1) is 0 Å². The van der Waals surface area contributed by atoms with Gasteiger partial charge in [-0.25, -0.2) is 0 Å². The number of ether oxygens (including phenoxy) is 1. The van der Waals surface area contributed by atoms with Crippen LogP contribution in [0.5, 0.6) is 0 Å². The van der Waals surface area contributed by atoms with Crippen molar-refractivity contribution in [1.82, 2.24) is 4.90 Å². The topological polar surface area (TPSA) is 38.5 Å². The predicted molar refractivity (Wildman–Crippen MR) is 73.5 cm³/mol. The largest absolute Gasteiger partial charge is 0.381 e. The molecule has 0 radical (unpaired) electrons. The highest BCUT2D eigenvalue weighted by atomic mass is 16.5. The maximum absolute atomic E-state index is 6.23. The van der Waals surface area contributed by atoms with Crippen LogP contribution in [0, 0.1) is 11.3 Å². The van der Waals surface area contributed by atoms with Crippen molar-refractivity contribution in [3.63, 3.8) is 0 Å². The molecule has 1 saturated carbocycles. The first kappa shape index (κ1) is 12.9. The van der Waals surface area contributed by atoms with Gasteiger partial charge in [-0.3, -0.25) is 4.90 Å². The number of hydrogen-bond acceptors (Lipinski definition) is 3. The number of nitrogens with two attached hydrogens (primary N) is 1. The molecule has 1 aliphatic carbocycles. The minimum absolute atomic E-state index is 0.395. The van der Waals surface area contributed by atoms with Gasteiger partial charge in [-0.05, 0) is 43.4 Å². The van der Waals surface area contributed by atoms with E-state index < -0.39 is 0 Å². The zero-order valence-electron chi connectivity index (χ0n) is 11.7. The zero-order chi connectivity index (χ0) is 12.6. The lowest BCUT2D eigenvalue weighted by Crippen LogP contribution is -2.55. The number of rotatable bonds is 1. The summed E-state index contributed by atoms with van der Waals surface area (Å²) in [5.41, 5.74) is 6.80. The molecule has 2 N–H and O–H groups in total. The Hall–Kier alpha value is -0.120. The second-order valence-corrected chi connectivity index (χ2v) is 6.94. The van der Waals surface area contributed by atoms with Crippen LogP contribution in [0.3, 0.4) is 0 Å². The van der Waals surface area contributed by atoms with Gasteiger partial charge in [0.2, 0.25) is 0 Å². The molecule has 3 heteroatoms. The van der Waals surface area contributed by atoms with Crippen LogP contribution in [-0.2, 0) is 4.74 Å². The minimum Gasteiger partial charge on any atom is -0.381 e. The fourth-order valence-corrected chi connectivity index (χ4v) is 4.75. The Bertz CT molecular complexity index is 278. The first-order chi connectivity index (χ1) is 8.70. The normalized spacial score (nSPS) is 41.3. The first-order valence-electron chi connectivity index (χ1n) is 7.77. The molecule has 3 nitrogen and oxygen atoms in total. The Balaban J connectivity index is 1.73. The Morgan fingerprint density at radius 3 is 2.67 bits per heavy atom. The van der Waals surface area contributed by atoms with Crippen LogP contribution in [0.4, 0.5) is 0 Å². The lowest BCUT2D eigenvalue weighted by atomic mass is 9.74. The average molecular weight is 252 g/mol. The van der Waals surface area contributed by atoms with Crippen molar-refractivity contribution in [1.29, 1.82) is 0 Å². The van der Waals surface area contributed by atoms with E-state index in [1.807, 2.05) is 0 Å². The predicted octanol–water partition coefficient (Wildman–Crippen LogP) is 2.00. The summed E-state index contributed by atoms with van der Waals surface area (Å²) in [6, 6.07) is 1.18. The highest BCUT2D eigenvalue weighted by Crippen LogP contribution is 2.48. The van der Waals surface area contributed by atoms with Crippen LogP contribution >= 0.6 is 0 Å². The van der Waals surface area contributed by atoms with Gasteiger partial charge in [0, 0.05) is 38.4 Å². The Labute approximate surface area is 111 Å². The van der Waals surface area contributed by atoms with Gasteiger partial charge in [0.1, 0.15) is 0 Å². The van der Waals surface area contributed by atoms with E-state index in [4.69, 9.17) is 10.5 Å². The zero-order valence-corrected chi connectivity index (χ0v) is 11.7. The van der Waals surface area contributed by atoms with Crippen LogP contribution in [-0.4, -0.2) is 43.3 Å². The van der Waals surface area contributed by atoms with Crippen molar-refractivity contribution in [2.75, 3.05) is 26.3 Å². The van der Waals surface area contributed by atoms with E-state index in [0.29, 0.717) is 11.5 Å². The highest BCUT2D eigenvalue weighted by Gasteiger charge is 2.47. The summed E-state index contributed by atoms with van der Waals surface area (Å²) in [5, 5.41) is 0. The van der Waals surface area contributed by atoms with Gasteiger partial charge < -0.3 is 10.5 Å². The molecule has 3 unspecified atom stereocenters. The van der Waals surface area contributed by atoms with E-state index in [1.54, 1.807) is 0 Å². The molecule has 104 valence electrons. The molecule has 3 fully saturated rings. The van der Waals surface area contributed by atoms with Crippen molar-refractivity contribution < 1.29 is 4.74 Å². The molecule has 2 heterocycles. The molecule has 18 heavy (non-hydrogen) atoms. The monoisotopic (exact) mass is 252 g/mol. The summed E-state index contributed by atoms with van der Waals surface area (Å²) in [7, 11) is 0. The van der Waals surface area contributed by atoms with Crippen LogP contribution < -0.4 is 5.73 Å². The van der Waals surface area contributed by atoms with Crippen molar-refractivity contribution in [3.8, 4) is 0 Å². The third kappa shape index (κ3) is 2.33. The molecule has 2 saturated heterocycles.